The predicted molar refractivity (Wildman–Crippen MR) is 82.1 cm³/mol. The number of aromatic hydroxyl groups is 1. The van der Waals surface area contributed by atoms with E-state index in [1.54, 1.807) is 31.4 Å². The third kappa shape index (κ3) is 2.44. The highest BCUT2D eigenvalue weighted by Gasteiger charge is 2.17. The molecule has 0 aliphatic heterocycles. The molecular weight excluding hydrogens is 300 g/mol. The summed E-state index contributed by atoms with van der Waals surface area (Å²) in [6, 6.07) is 9.01. The third-order valence-corrected chi connectivity index (χ3v) is 3.46. The van der Waals surface area contributed by atoms with Gasteiger partial charge in [-0.3, -0.25) is 4.79 Å². The summed E-state index contributed by atoms with van der Waals surface area (Å²) in [4.78, 5) is 12.5. The van der Waals surface area contributed by atoms with E-state index in [4.69, 9.17) is 13.9 Å². The van der Waals surface area contributed by atoms with Crippen LogP contribution in [0.2, 0.25) is 0 Å². The summed E-state index contributed by atoms with van der Waals surface area (Å²) in [5.41, 5.74) is 0.00799. The number of methoxy groups -OCH3 is 2. The largest absolute Gasteiger partial charge is 0.872 e. The first-order valence-electron chi connectivity index (χ1n) is 6.74. The van der Waals surface area contributed by atoms with Gasteiger partial charge in [-0.1, -0.05) is 5.75 Å². The smallest absolute Gasteiger partial charge is 0.234 e. The van der Waals surface area contributed by atoms with E-state index in [1.165, 1.54) is 13.2 Å². The lowest BCUT2D eigenvalue weighted by atomic mass is 10.1. The maximum Gasteiger partial charge on any atom is 0.234 e. The zero-order valence-electron chi connectivity index (χ0n) is 12.5. The second-order valence-electron chi connectivity index (χ2n) is 4.84. The Morgan fingerprint density at radius 3 is 2.39 bits per heavy atom. The van der Waals surface area contributed by atoms with E-state index >= 15 is 0 Å². The Morgan fingerprint density at radius 1 is 1.09 bits per heavy atom. The van der Waals surface area contributed by atoms with Crippen molar-refractivity contribution in [1.82, 2.24) is 0 Å². The molecule has 6 nitrogen and oxygen atoms in total. The molecule has 0 amide bonds. The van der Waals surface area contributed by atoms with Crippen LogP contribution in [0.5, 0.6) is 23.0 Å². The van der Waals surface area contributed by atoms with Gasteiger partial charge in [0.2, 0.25) is 11.2 Å². The topological polar surface area (TPSA) is 92.0 Å². The van der Waals surface area contributed by atoms with Crippen molar-refractivity contribution in [3.05, 3.63) is 46.6 Å². The number of hydrogen-bond donors (Lipinski definition) is 1. The molecule has 0 unspecified atom stereocenters. The summed E-state index contributed by atoms with van der Waals surface area (Å²) in [6.45, 7) is 0. The molecule has 0 atom stereocenters. The fourth-order valence-corrected chi connectivity index (χ4v) is 2.37. The van der Waals surface area contributed by atoms with Crippen LogP contribution in [0.25, 0.3) is 22.3 Å². The molecule has 0 aliphatic carbocycles. The van der Waals surface area contributed by atoms with Gasteiger partial charge in [-0.2, -0.15) is 0 Å². The van der Waals surface area contributed by atoms with E-state index < -0.39 is 11.2 Å². The number of fused-ring (bicyclic) bond motifs is 1. The lowest BCUT2D eigenvalue weighted by Gasteiger charge is -2.14. The first kappa shape index (κ1) is 14.8. The molecule has 0 bridgehead atoms. The molecule has 6 heteroatoms. The first-order chi connectivity index (χ1) is 11.0. The first-order valence-corrected chi connectivity index (χ1v) is 6.74. The zero-order valence-corrected chi connectivity index (χ0v) is 12.5. The lowest BCUT2D eigenvalue weighted by molar-refractivity contribution is -0.266. The Kier molecular flexibility index (Phi) is 3.57. The maximum atomic E-state index is 12.5. The molecule has 1 aromatic heterocycles. The fourth-order valence-electron chi connectivity index (χ4n) is 2.37. The summed E-state index contributed by atoms with van der Waals surface area (Å²) in [5, 5.41) is 21.3. The summed E-state index contributed by atoms with van der Waals surface area (Å²) in [7, 11) is 2.88. The maximum absolute atomic E-state index is 12.5. The van der Waals surface area contributed by atoms with Crippen LogP contribution in [0.3, 0.4) is 0 Å². The highest BCUT2D eigenvalue weighted by atomic mass is 16.5. The molecule has 0 fully saturated rings. The lowest BCUT2D eigenvalue weighted by Crippen LogP contribution is -2.10. The van der Waals surface area contributed by atoms with E-state index in [-0.39, 0.29) is 28.2 Å². The Balaban J connectivity index is 2.33. The van der Waals surface area contributed by atoms with Crippen LogP contribution in [-0.4, -0.2) is 19.3 Å². The summed E-state index contributed by atoms with van der Waals surface area (Å²) >= 11 is 0. The van der Waals surface area contributed by atoms with Crippen LogP contribution in [0.1, 0.15) is 0 Å². The van der Waals surface area contributed by atoms with Crippen molar-refractivity contribution in [3.8, 4) is 34.3 Å². The molecule has 3 rings (SSSR count). The summed E-state index contributed by atoms with van der Waals surface area (Å²) in [6.07, 6.45) is 0. The van der Waals surface area contributed by atoms with Crippen LogP contribution in [0.4, 0.5) is 0 Å². The van der Waals surface area contributed by atoms with Gasteiger partial charge in [0.25, 0.3) is 0 Å². The van der Waals surface area contributed by atoms with Crippen molar-refractivity contribution < 1.29 is 24.1 Å². The number of ether oxygens (including phenoxy) is 2. The van der Waals surface area contributed by atoms with Crippen molar-refractivity contribution in [2.24, 2.45) is 0 Å². The number of phenolic OH excluding ortho intramolecular Hbond substituents is 1. The van der Waals surface area contributed by atoms with Crippen molar-refractivity contribution in [3.63, 3.8) is 0 Å². The van der Waals surface area contributed by atoms with E-state index in [2.05, 4.69) is 0 Å². The molecule has 118 valence electrons. The van der Waals surface area contributed by atoms with Crippen LogP contribution < -0.4 is 20.0 Å². The minimum atomic E-state index is -0.617. The van der Waals surface area contributed by atoms with Gasteiger partial charge in [-0.15, -0.1) is 0 Å². The van der Waals surface area contributed by atoms with Gasteiger partial charge in [0.05, 0.1) is 19.6 Å². The number of hydrogen-bond acceptors (Lipinski definition) is 6. The van der Waals surface area contributed by atoms with Crippen molar-refractivity contribution >= 4 is 11.0 Å². The zero-order chi connectivity index (χ0) is 16.6. The van der Waals surface area contributed by atoms with Gasteiger partial charge in [0.1, 0.15) is 17.1 Å². The van der Waals surface area contributed by atoms with E-state index in [9.17, 15) is 15.0 Å². The quantitative estimate of drug-likeness (QED) is 0.797. The highest BCUT2D eigenvalue weighted by Crippen LogP contribution is 2.35. The normalized spacial score (nSPS) is 10.7. The molecular formula is C17H13O6-. The molecule has 2 aromatic carbocycles. The second-order valence-corrected chi connectivity index (χ2v) is 4.84. The molecule has 23 heavy (non-hydrogen) atoms. The average molecular weight is 313 g/mol. The fraction of sp³-hybridized carbons (Fsp3) is 0.118. The average Bonchev–Trinajstić information content (AvgIpc) is 2.54. The number of phenols is 1. The van der Waals surface area contributed by atoms with Gasteiger partial charge in [0, 0.05) is 11.6 Å². The molecule has 1 heterocycles. The predicted octanol–water partition coefficient (Wildman–Crippen LogP) is 2.26. The standard InChI is InChI=1S/C17H14O6/c1-21-11-5-3-9(4-6-11)16-17(22-2)15(20)14-12(19)7-10(18)8-13(14)23-16/h3-8,18-19H,1-2H3/p-1. The molecule has 0 aliphatic rings. The van der Waals surface area contributed by atoms with Crippen LogP contribution in [0.15, 0.2) is 45.6 Å². The van der Waals surface area contributed by atoms with Crippen LogP contribution >= 0.6 is 0 Å². The molecule has 0 saturated heterocycles. The minimum Gasteiger partial charge on any atom is -0.872 e. The van der Waals surface area contributed by atoms with Crippen molar-refractivity contribution in [2.45, 2.75) is 0 Å². The summed E-state index contributed by atoms with van der Waals surface area (Å²) < 4.78 is 15.9. The summed E-state index contributed by atoms with van der Waals surface area (Å²) in [5.74, 6) is -0.122. The Morgan fingerprint density at radius 2 is 1.78 bits per heavy atom. The highest BCUT2D eigenvalue weighted by molar-refractivity contribution is 5.87. The minimum absolute atomic E-state index is 0.00613. The molecule has 0 saturated carbocycles. The Hall–Kier alpha value is -3.15. The van der Waals surface area contributed by atoms with E-state index in [0.717, 1.165) is 6.07 Å². The second kappa shape index (κ2) is 5.57. The Bertz CT molecular complexity index is 924. The van der Waals surface area contributed by atoms with Crippen molar-refractivity contribution in [1.29, 1.82) is 0 Å². The number of benzene rings is 2. The Labute approximate surface area is 131 Å². The van der Waals surface area contributed by atoms with Crippen LogP contribution in [0, 0.1) is 0 Å². The van der Waals surface area contributed by atoms with Gasteiger partial charge in [-0.25, -0.2) is 0 Å². The number of rotatable bonds is 3. The van der Waals surface area contributed by atoms with E-state index in [0.29, 0.717) is 11.3 Å². The van der Waals surface area contributed by atoms with Gasteiger partial charge >= 0.3 is 0 Å². The van der Waals surface area contributed by atoms with Gasteiger partial charge in [0.15, 0.2) is 5.76 Å². The molecule has 1 N–H and O–H groups in total. The monoisotopic (exact) mass is 313 g/mol. The van der Waals surface area contributed by atoms with Crippen molar-refractivity contribution in [2.75, 3.05) is 14.2 Å². The third-order valence-electron chi connectivity index (χ3n) is 3.46. The van der Waals surface area contributed by atoms with Gasteiger partial charge < -0.3 is 24.1 Å². The molecule has 0 radical (unpaired) electrons. The van der Waals surface area contributed by atoms with Crippen LogP contribution in [-0.2, 0) is 0 Å². The molecule has 0 spiro atoms. The van der Waals surface area contributed by atoms with Gasteiger partial charge in [-0.05, 0) is 30.3 Å². The molecule has 3 aromatic rings. The SMILES string of the molecule is COc1ccc(-c2oc3cc(O)cc([O-])c3c(=O)c2OC)cc1. The van der Waals surface area contributed by atoms with E-state index in [1.807, 2.05) is 0 Å².